The summed E-state index contributed by atoms with van der Waals surface area (Å²) in [6, 6.07) is 10.8. The third-order valence-corrected chi connectivity index (χ3v) is 4.06. The first-order chi connectivity index (χ1) is 9.92. The van der Waals surface area contributed by atoms with Crippen molar-refractivity contribution >= 4 is 16.5 Å². The van der Waals surface area contributed by atoms with Gasteiger partial charge in [0.05, 0.1) is 12.3 Å². The Kier molecular flexibility index (Phi) is 2.69. The number of nitrogens with zero attached hydrogens (tertiary/aromatic N) is 1. The van der Waals surface area contributed by atoms with E-state index < -0.39 is 0 Å². The van der Waals surface area contributed by atoms with Crippen molar-refractivity contribution in [3.05, 3.63) is 60.3 Å². The molecule has 4 rings (SSSR count). The van der Waals surface area contributed by atoms with Gasteiger partial charge in [-0.3, -0.25) is 4.98 Å². The Hall–Kier alpha value is -2.29. The van der Waals surface area contributed by atoms with Crippen molar-refractivity contribution in [2.75, 3.05) is 5.32 Å². The number of hydrogen-bond donors (Lipinski definition) is 1. The number of benzene rings is 1. The van der Waals surface area contributed by atoms with Gasteiger partial charge in [0, 0.05) is 40.8 Å². The summed E-state index contributed by atoms with van der Waals surface area (Å²) in [7, 11) is 0. The Labute approximate surface area is 117 Å². The van der Waals surface area contributed by atoms with E-state index in [-0.39, 0.29) is 0 Å². The second-order valence-corrected chi connectivity index (χ2v) is 5.29. The molecule has 0 bridgehead atoms. The molecule has 1 aromatic carbocycles. The second-order valence-electron chi connectivity index (χ2n) is 5.29. The van der Waals surface area contributed by atoms with Crippen LogP contribution in [0.3, 0.4) is 0 Å². The molecule has 0 radical (unpaired) electrons. The van der Waals surface area contributed by atoms with Crippen molar-refractivity contribution in [2.45, 2.75) is 25.3 Å². The smallest absolute Gasteiger partial charge is 0.109 e. The van der Waals surface area contributed by atoms with Crippen molar-refractivity contribution in [1.29, 1.82) is 0 Å². The average molecular weight is 264 g/mol. The van der Waals surface area contributed by atoms with Crippen LogP contribution < -0.4 is 5.32 Å². The fraction of sp³-hybridized carbons (Fsp3) is 0.235. The van der Waals surface area contributed by atoms with Crippen LogP contribution in [-0.4, -0.2) is 4.98 Å². The summed E-state index contributed by atoms with van der Waals surface area (Å²) < 4.78 is 5.56. The van der Waals surface area contributed by atoms with Crippen molar-refractivity contribution in [2.24, 2.45) is 0 Å². The van der Waals surface area contributed by atoms with Crippen molar-refractivity contribution in [3.8, 4) is 0 Å². The zero-order valence-corrected chi connectivity index (χ0v) is 11.2. The first kappa shape index (κ1) is 11.5. The summed E-state index contributed by atoms with van der Waals surface area (Å²) in [5.74, 6) is 1.13. The van der Waals surface area contributed by atoms with Gasteiger partial charge >= 0.3 is 0 Å². The molecule has 20 heavy (non-hydrogen) atoms. The molecule has 2 aromatic heterocycles. The van der Waals surface area contributed by atoms with Crippen LogP contribution in [0.2, 0.25) is 0 Å². The summed E-state index contributed by atoms with van der Waals surface area (Å²) in [4.78, 5) is 4.19. The Balaban J connectivity index is 1.73. The predicted molar refractivity (Wildman–Crippen MR) is 79.8 cm³/mol. The Bertz CT molecular complexity index is 742. The third kappa shape index (κ3) is 1.86. The van der Waals surface area contributed by atoms with E-state index in [9.17, 15) is 0 Å². The van der Waals surface area contributed by atoms with Crippen LogP contribution in [0, 0.1) is 0 Å². The van der Waals surface area contributed by atoms with Gasteiger partial charge in [-0.05, 0) is 31.0 Å². The molecule has 1 aliphatic rings. The van der Waals surface area contributed by atoms with Crippen LogP contribution in [0.4, 0.5) is 5.69 Å². The minimum absolute atomic E-state index is 0.344. The fourth-order valence-corrected chi connectivity index (χ4v) is 3.07. The lowest BCUT2D eigenvalue weighted by Gasteiger charge is -2.24. The van der Waals surface area contributed by atoms with Crippen LogP contribution in [0.1, 0.15) is 30.2 Å². The lowest BCUT2D eigenvalue weighted by Crippen LogP contribution is -2.16. The van der Waals surface area contributed by atoms with Gasteiger partial charge in [0.1, 0.15) is 5.76 Å². The number of rotatable bonds is 2. The first-order valence-electron chi connectivity index (χ1n) is 7.07. The summed E-state index contributed by atoms with van der Waals surface area (Å²) in [5.41, 5.74) is 2.48. The molecular weight excluding hydrogens is 248 g/mol. The molecule has 0 fully saturated rings. The highest BCUT2D eigenvalue weighted by Crippen LogP contribution is 2.34. The molecule has 2 heterocycles. The van der Waals surface area contributed by atoms with Crippen LogP contribution in [0.15, 0.2) is 53.4 Å². The van der Waals surface area contributed by atoms with E-state index in [1.165, 1.54) is 28.4 Å². The second kappa shape index (κ2) is 4.67. The van der Waals surface area contributed by atoms with Crippen LogP contribution in [-0.2, 0) is 6.42 Å². The number of pyridine rings is 1. The van der Waals surface area contributed by atoms with E-state index in [4.69, 9.17) is 4.42 Å². The Morgan fingerprint density at radius 2 is 2.20 bits per heavy atom. The van der Waals surface area contributed by atoms with E-state index in [0.717, 1.165) is 18.6 Å². The zero-order chi connectivity index (χ0) is 13.4. The number of furan rings is 1. The molecule has 3 nitrogen and oxygen atoms in total. The van der Waals surface area contributed by atoms with Gasteiger partial charge in [-0.25, -0.2) is 0 Å². The molecule has 1 unspecified atom stereocenters. The van der Waals surface area contributed by atoms with Crippen molar-refractivity contribution in [3.63, 3.8) is 0 Å². The first-order valence-corrected chi connectivity index (χ1v) is 7.07. The van der Waals surface area contributed by atoms with Crippen LogP contribution in [0.5, 0.6) is 0 Å². The van der Waals surface area contributed by atoms with Gasteiger partial charge in [-0.2, -0.15) is 0 Å². The number of nitrogens with one attached hydrogen (secondary N) is 1. The summed E-state index contributed by atoms with van der Waals surface area (Å²) in [6.45, 7) is 0. The summed E-state index contributed by atoms with van der Waals surface area (Å²) in [5, 5.41) is 6.07. The summed E-state index contributed by atoms with van der Waals surface area (Å²) in [6.07, 6.45) is 8.93. The molecule has 0 saturated carbocycles. The molecule has 3 heteroatoms. The number of hydrogen-bond acceptors (Lipinski definition) is 3. The number of fused-ring (bicyclic) bond motifs is 2. The highest BCUT2D eigenvalue weighted by molar-refractivity contribution is 5.93. The predicted octanol–water partition coefficient (Wildman–Crippen LogP) is 4.32. The molecule has 1 aliphatic carbocycles. The minimum Gasteiger partial charge on any atom is -0.469 e. The summed E-state index contributed by atoms with van der Waals surface area (Å²) >= 11 is 0. The maximum atomic E-state index is 5.56. The lowest BCUT2D eigenvalue weighted by atomic mass is 9.93. The SMILES string of the molecule is c1cc(NC2CCCc3occc32)c2ccncc2c1. The van der Waals surface area contributed by atoms with E-state index in [0.29, 0.717) is 6.04 Å². The molecule has 1 N–H and O–H groups in total. The third-order valence-electron chi connectivity index (χ3n) is 4.06. The van der Waals surface area contributed by atoms with Gasteiger partial charge in [-0.15, -0.1) is 0 Å². The highest BCUT2D eigenvalue weighted by Gasteiger charge is 2.22. The van der Waals surface area contributed by atoms with E-state index in [1.807, 2.05) is 12.4 Å². The van der Waals surface area contributed by atoms with Gasteiger partial charge in [0.25, 0.3) is 0 Å². The highest BCUT2D eigenvalue weighted by atomic mass is 16.3. The van der Waals surface area contributed by atoms with Crippen LogP contribution in [0.25, 0.3) is 10.8 Å². The molecule has 1 atom stereocenters. The van der Waals surface area contributed by atoms with Crippen LogP contribution >= 0.6 is 0 Å². The normalized spacial score (nSPS) is 17.9. The molecule has 0 spiro atoms. The standard InChI is InChI=1S/C17H16N2O/c1-3-12-11-18-9-7-13(12)15(4-1)19-16-5-2-6-17-14(16)8-10-20-17/h1,3-4,7-11,16,19H,2,5-6H2. The zero-order valence-electron chi connectivity index (χ0n) is 11.2. The van der Waals surface area contributed by atoms with Crippen molar-refractivity contribution in [1.82, 2.24) is 4.98 Å². The molecule has 0 amide bonds. The van der Waals surface area contributed by atoms with Crippen molar-refractivity contribution < 1.29 is 4.42 Å². The van der Waals surface area contributed by atoms with Gasteiger partial charge < -0.3 is 9.73 Å². The van der Waals surface area contributed by atoms with E-state index >= 15 is 0 Å². The number of aromatic nitrogens is 1. The molecule has 0 aliphatic heterocycles. The lowest BCUT2D eigenvalue weighted by molar-refractivity contribution is 0.461. The molecule has 3 aromatic rings. The Morgan fingerprint density at radius 1 is 1.20 bits per heavy atom. The van der Waals surface area contributed by atoms with Gasteiger partial charge in [0.15, 0.2) is 0 Å². The topological polar surface area (TPSA) is 38.1 Å². The van der Waals surface area contributed by atoms with E-state index in [2.05, 4.69) is 40.6 Å². The molecule has 0 saturated heterocycles. The molecular formula is C17H16N2O. The monoisotopic (exact) mass is 264 g/mol. The van der Waals surface area contributed by atoms with E-state index in [1.54, 1.807) is 6.26 Å². The molecule has 100 valence electrons. The fourth-order valence-electron chi connectivity index (χ4n) is 3.07. The number of aryl methyl sites for hydroxylation is 1. The quantitative estimate of drug-likeness (QED) is 0.749. The minimum atomic E-state index is 0.344. The maximum Gasteiger partial charge on any atom is 0.109 e. The van der Waals surface area contributed by atoms with Gasteiger partial charge in [0.2, 0.25) is 0 Å². The van der Waals surface area contributed by atoms with Gasteiger partial charge in [-0.1, -0.05) is 12.1 Å². The Morgan fingerprint density at radius 3 is 3.20 bits per heavy atom. The maximum absolute atomic E-state index is 5.56. The average Bonchev–Trinajstić information content (AvgIpc) is 2.97. The largest absolute Gasteiger partial charge is 0.469 e. The number of anilines is 1.